The van der Waals surface area contributed by atoms with Crippen LogP contribution in [0.3, 0.4) is 0 Å². The van der Waals surface area contributed by atoms with E-state index in [1.807, 2.05) is 0 Å². The van der Waals surface area contributed by atoms with E-state index in [1.54, 1.807) is 0 Å². The van der Waals surface area contributed by atoms with Gasteiger partial charge in [-0.3, -0.25) is 0 Å². The van der Waals surface area contributed by atoms with E-state index >= 15 is 0 Å². The Morgan fingerprint density at radius 3 is 3.12 bits per heavy atom. The van der Waals surface area contributed by atoms with Crippen molar-refractivity contribution in [1.82, 2.24) is 0 Å². The molecule has 0 radical (unpaired) electrons. The van der Waals surface area contributed by atoms with Crippen molar-refractivity contribution in [1.29, 1.82) is 0 Å². The fraction of sp³-hybridized carbons (Fsp3) is 1.00. The molecule has 8 heavy (non-hydrogen) atoms. The lowest BCUT2D eigenvalue weighted by atomic mass is 10.0. The number of epoxide rings is 1. The van der Waals surface area contributed by atoms with Gasteiger partial charge >= 0.3 is 0 Å². The standard InChI is InChI=1S/C7H10O/c1-2-6-7(8-6)5-3-4(1)5/h4-7H,1-3H2. The molecule has 4 atom stereocenters. The van der Waals surface area contributed by atoms with Gasteiger partial charge in [0.1, 0.15) is 0 Å². The molecular formula is C7H10O. The molecule has 3 rings (SSSR count). The highest BCUT2D eigenvalue weighted by Crippen LogP contribution is 2.57. The SMILES string of the molecule is C1CC2OC2C2CC12. The van der Waals surface area contributed by atoms with Crippen LogP contribution >= 0.6 is 0 Å². The quantitative estimate of drug-likeness (QED) is 0.427. The lowest BCUT2D eigenvalue weighted by Crippen LogP contribution is -2.04. The van der Waals surface area contributed by atoms with E-state index in [4.69, 9.17) is 4.74 Å². The van der Waals surface area contributed by atoms with Crippen LogP contribution in [-0.2, 0) is 4.74 Å². The van der Waals surface area contributed by atoms with E-state index < -0.39 is 0 Å². The maximum atomic E-state index is 5.43. The maximum Gasteiger partial charge on any atom is 0.0872 e. The minimum Gasteiger partial charge on any atom is -0.369 e. The summed E-state index contributed by atoms with van der Waals surface area (Å²) in [5.41, 5.74) is 0. The third kappa shape index (κ3) is 0.334. The predicted octanol–water partition coefficient (Wildman–Crippen LogP) is 1.18. The Labute approximate surface area is 49.0 Å². The third-order valence-electron chi connectivity index (χ3n) is 2.84. The first kappa shape index (κ1) is 3.89. The fourth-order valence-corrected chi connectivity index (χ4v) is 2.15. The molecule has 1 aliphatic heterocycles. The Morgan fingerprint density at radius 1 is 1.25 bits per heavy atom. The average molecular weight is 110 g/mol. The number of hydrogen-bond donors (Lipinski definition) is 0. The van der Waals surface area contributed by atoms with Crippen LogP contribution in [0.1, 0.15) is 19.3 Å². The summed E-state index contributed by atoms with van der Waals surface area (Å²) >= 11 is 0. The topological polar surface area (TPSA) is 12.5 Å². The summed E-state index contributed by atoms with van der Waals surface area (Å²) < 4.78 is 5.43. The second-order valence-electron chi connectivity index (χ2n) is 3.38. The first-order valence-electron chi connectivity index (χ1n) is 3.60. The molecule has 1 heteroatoms. The Bertz CT molecular complexity index is 116. The Morgan fingerprint density at radius 2 is 2.25 bits per heavy atom. The molecule has 0 N–H and O–H groups in total. The molecule has 0 aromatic rings. The molecule has 0 spiro atoms. The second-order valence-corrected chi connectivity index (χ2v) is 3.38. The lowest BCUT2D eigenvalue weighted by molar-refractivity contribution is 0.360. The monoisotopic (exact) mass is 110 g/mol. The van der Waals surface area contributed by atoms with Gasteiger partial charge in [-0.15, -0.1) is 0 Å². The highest BCUT2D eigenvalue weighted by Gasteiger charge is 2.58. The van der Waals surface area contributed by atoms with Crippen molar-refractivity contribution in [2.45, 2.75) is 31.5 Å². The van der Waals surface area contributed by atoms with Crippen LogP contribution in [0.15, 0.2) is 0 Å². The number of rotatable bonds is 0. The maximum absolute atomic E-state index is 5.43. The number of fused-ring (bicyclic) bond motifs is 3. The minimum absolute atomic E-state index is 0.721. The molecule has 0 amide bonds. The molecule has 0 bridgehead atoms. The lowest BCUT2D eigenvalue weighted by Gasteiger charge is -1.99. The summed E-state index contributed by atoms with van der Waals surface area (Å²) in [6, 6.07) is 0. The van der Waals surface area contributed by atoms with Crippen molar-refractivity contribution in [3.63, 3.8) is 0 Å². The summed E-state index contributed by atoms with van der Waals surface area (Å²) in [6.07, 6.45) is 5.78. The molecule has 2 aliphatic carbocycles. The highest BCUT2D eigenvalue weighted by molar-refractivity contribution is 5.06. The fourth-order valence-electron chi connectivity index (χ4n) is 2.15. The molecule has 1 saturated heterocycles. The van der Waals surface area contributed by atoms with E-state index in [1.165, 1.54) is 19.3 Å². The third-order valence-corrected chi connectivity index (χ3v) is 2.84. The molecule has 3 aliphatic rings. The summed E-state index contributed by atoms with van der Waals surface area (Å²) in [7, 11) is 0. The smallest absolute Gasteiger partial charge is 0.0872 e. The van der Waals surface area contributed by atoms with Crippen LogP contribution in [0, 0.1) is 11.8 Å². The van der Waals surface area contributed by atoms with Crippen molar-refractivity contribution in [3.8, 4) is 0 Å². The van der Waals surface area contributed by atoms with Gasteiger partial charge in [-0.2, -0.15) is 0 Å². The summed E-state index contributed by atoms with van der Waals surface area (Å²) in [4.78, 5) is 0. The zero-order chi connectivity index (χ0) is 5.14. The summed E-state index contributed by atoms with van der Waals surface area (Å²) in [5, 5.41) is 0. The average Bonchev–Trinajstić information content (AvgIpc) is 2.59. The van der Waals surface area contributed by atoms with Crippen LogP contribution < -0.4 is 0 Å². The van der Waals surface area contributed by atoms with Gasteiger partial charge in [-0.1, -0.05) is 0 Å². The van der Waals surface area contributed by atoms with E-state index in [0.717, 1.165) is 24.0 Å². The van der Waals surface area contributed by atoms with Crippen molar-refractivity contribution in [2.24, 2.45) is 11.8 Å². The van der Waals surface area contributed by atoms with Gasteiger partial charge in [0.05, 0.1) is 12.2 Å². The zero-order valence-electron chi connectivity index (χ0n) is 4.84. The number of ether oxygens (including phenoxy) is 1. The van der Waals surface area contributed by atoms with Gasteiger partial charge in [-0.05, 0) is 31.1 Å². The first-order valence-corrected chi connectivity index (χ1v) is 3.60. The Hall–Kier alpha value is -0.0400. The Kier molecular flexibility index (Phi) is 0.472. The van der Waals surface area contributed by atoms with Crippen molar-refractivity contribution < 1.29 is 4.74 Å². The van der Waals surface area contributed by atoms with Crippen LogP contribution in [0.4, 0.5) is 0 Å². The molecule has 1 nitrogen and oxygen atoms in total. The Balaban J connectivity index is 1.89. The second kappa shape index (κ2) is 0.971. The van der Waals surface area contributed by atoms with E-state index in [2.05, 4.69) is 0 Å². The van der Waals surface area contributed by atoms with Crippen LogP contribution in [0.2, 0.25) is 0 Å². The van der Waals surface area contributed by atoms with Crippen molar-refractivity contribution in [2.75, 3.05) is 0 Å². The van der Waals surface area contributed by atoms with Gasteiger partial charge in [0, 0.05) is 0 Å². The molecule has 1 heterocycles. The number of hydrogen-bond acceptors (Lipinski definition) is 1. The van der Waals surface area contributed by atoms with Gasteiger partial charge < -0.3 is 4.74 Å². The normalized spacial score (nSPS) is 66.0. The first-order chi connectivity index (χ1) is 3.95. The minimum atomic E-state index is 0.721. The molecule has 0 aromatic carbocycles. The van der Waals surface area contributed by atoms with Crippen LogP contribution in [0.5, 0.6) is 0 Å². The van der Waals surface area contributed by atoms with Crippen molar-refractivity contribution in [3.05, 3.63) is 0 Å². The zero-order valence-corrected chi connectivity index (χ0v) is 4.84. The predicted molar refractivity (Wildman–Crippen MR) is 29.5 cm³/mol. The van der Waals surface area contributed by atoms with Crippen LogP contribution in [-0.4, -0.2) is 12.2 Å². The van der Waals surface area contributed by atoms with Gasteiger partial charge in [0.2, 0.25) is 0 Å². The molecule has 44 valence electrons. The largest absolute Gasteiger partial charge is 0.369 e. The van der Waals surface area contributed by atoms with Gasteiger partial charge in [-0.25, -0.2) is 0 Å². The molecular weight excluding hydrogens is 100 g/mol. The van der Waals surface area contributed by atoms with Crippen LogP contribution in [0.25, 0.3) is 0 Å². The van der Waals surface area contributed by atoms with E-state index in [9.17, 15) is 0 Å². The van der Waals surface area contributed by atoms with Gasteiger partial charge in [0.25, 0.3) is 0 Å². The van der Waals surface area contributed by atoms with E-state index in [0.29, 0.717) is 0 Å². The molecule has 3 fully saturated rings. The molecule has 2 saturated carbocycles. The molecule has 4 unspecified atom stereocenters. The highest BCUT2D eigenvalue weighted by atomic mass is 16.6. The summed E-state index contributed by atoms with van der Waals surface area (Å²) in [6.45, 7) is 0. The molecule has 0 aromatic heterocycles. The summed E-state index contributed by atoms with van der Waals surface area (Å²) in [5.74, 6) is 2.12. The van der Waals surface area contributed by atoms with Gasteiger partial charge in [0.15, 0.2) is 0 Å². The van der Waals surface area contributed by atoms with Crippen molar-refractivity contribution >= 4 is 0 Å². The van der Waals surface area contributed by atoms with E-state index in [-0.39, 0.29) is 0 Å².